The first-order valence-corrected chi connectivity index (χ1v) is 8.32. The highest BCUT2D eigenvalue weighted by atomic mass is 79.9. The van der Waals surface area contributed by atoms with Gasteiger partial charge in [-0.2, -0.15) is 0 Å². The van der Waals surface area contributed by atoms with Gasteiger partial charge in [-0.15, -0.1) is 0 Å². The van der Waals surface area contributed by atoms with E-state index in [2.05, 4.69) is 15.9 Å². The van der Waals surface area contributed by atoms with E-state index < -0.39 is 6.10 Å². The van der Waals surface area contributed by atoms with Crippen molar-refractivity contribution in [3.63, 3.8) is 0 Å². The molecule has 1 atom stereocenters. The van der Waals surface area contributed by atoms with Crippen LogP contribution >= 0.6 is 15.9 Å². The van der Waals surface area contributed by atoms with Gasteiger partial charge in [-0.05, 0) is 36.5 Å². The molecule has 4 heteroatoms. The second kappa shape index (κ2) is 6.35. The summed E-state index contributed by atoms with van der Waals surface area (Å²) in [6, 6.07) is 3.86. The van der Waals surface area contributed by atoms with Gasteiger partial charge in [-0.25, -0.2) is 0 Å². The van der Waals surface area contributed by atoms with E-state index in [4.69, 9.17) is 9.47 Å². The van der Waals surface area contributed by atoms with E-state index in [1.54, 1.807) is 0 Å². The summed E-state index contributed by atoms with van der Waals surface area (Å²) < 4.78 is 12.1. The number of aliphatic hydroxyl groups is 1. The molecule has 0 radical (unpaired) electrons. The highest BCUT2D eigenvalue weighted by Gasteiger charge is 2.26. The lowest BCUT2D eigenvalue weighted by atomic mass is 9.89. The van der Waals surface area contributed by atoms with Crippen LogP contribution in [0, 0.1) is 5.92 Å². The molecule has 1 unspecified atom stereocenters. The summed E-state index contributed by atoms with van der Waals surface area (Å²) in [7, 11) is 0. The zero-order valence-electron chi connectivity index (χ0n) is 11.6. The van der Waals surface area contributed by atoms with Crippen LogP contribution in [0.3, 0.4) is 0 Å². The molecule has 0 aromatic heterocycles. The lowest BCUT2D eigenvalue weighted by Crippen LogP contribution is -2.17. The minimum Gasteiger partial charge on any atom is -0.486 e. The molecule has 0 bridgehead atoms. The van der Waals surface area contributed by atoms with Crippen LogP contribution in [0.4, 0.5) is 0 Å². The minimum atomic E-state index is -0.418. The van der Waals surface area contributed by atoms with E-state index >= 15 is 0 Å². The van der Waals surface area contributed by atoms with Crippen molar-refractivity contribution in [2.75, 3.05) is 13.2 Å². The summed E-state index contributed by atoms with van der Waals surface area (Å²) >= 11 is 3.57. The van der Waals surface area contributed by atoms with Crippen molar-refractivity contribution < 1.29 is 14.6 Å². The van der Waals surface area contributed by atoms with Crippen LogP contribution in [0.15, 0.2) is 16.6 Å². The van der Waals surface area contributed by atoms with Crippen molar-refractivity contribution in [2.24, 2.45) is 5.92 Å². The largest absolute Gasteiger partial charge is 0.486 e. The molecule has 3 rings (SSSR count). The Labute approximate surface area is 128 Å². The zero-order chi connectivity index (χ0) is 13.9. The second-order valence-electron chi connectivity index (χ2n) is 5.71. The van der Waals surface area contributed by atoms with Crippen molar-refractivity contribution in [1.29, 1.82) is 0 Å². The first kappa shape index (κ1) is 14.2. The van der Waals surface area contributed by atoms with Gasteiger partial charge < -0.3 is 14.6 Å². The van der Waals surface area contributed by atoms with Crippen molar-refractivity contribution in [1.82, 2.24) is 0 Å². The number of fused-ring (bicyclic) bond motifs is 1. The van der Waals surface area contributed by atoms with Crippen LogP contribution in [0.1, 0.15) is 50.2 Å². The van der Waals surface area contributed by atoms with Gasteiger partial charge >= 0.3 is 0 Å². The molecule has 1 fully saturated rings. The number of hydrogen-bond donors (Lipinski definition) is 1. The summed E-state index contributed by atoms with van der Waals surface area (Å²) in [5.74, 6) is 1.87. The van der Waals surface area contributed by atoms with Crippen LogP contribution in [0.5, 0.6) is 11.5 Å². The predicted octanol–water partition coefficient (Wildman–Crippen LogP) is 4.22. The number of halogens is 1. The van der Waals surface area contributed by atoms with Gasteiger partial charge in [0.15, 0.2) is 11.5 Å². The first-order valence-electron chi connectivity index (χ1n) is 7.53. The Morgan fingerprint density at radius 3 is 2.25 bits per heavy atom. The van der Waals surface area contributed by atoms with Crippen molar-refractivity contribution in [2.45, 2.75) is 44.6 Å². The average Bonchev–Trinajstić information content (AvgIpc) is 2.75. The number of rotatable bonds is 2. The van der Waals surface area contributed by atoms with E-state index in [-0.39, 0.29) is 0 Å². The molecule has 110 valence electrons. The monoisotopic (exact) mass is 340 g/mol. The Kier molecular flexibility index (Phi) is 4.51. The maximum absolute atomic E-state index is 10.7. The van der Waals surface area contributed by atoms with Crippen LogP contribution in [-0.4, -0.2) is 18.3 Å². The quantitative estimate of drug-likeness (QED) is 0.819. The Morgan fingerprint density at radius 2 is 1.60 bits per heavy atom. The molecular formula is C16H21BrO3. The normalized spacial score (nSPS) is 21.3. The smallest absolute Gasteiger partial charge is 0.162 e. The van der Waals surface area contributed by atoms with Gasteiger partial charge in [-0.3, -0.25) is 0 Å². The van der Waals surface area contributed by atoms with E-state index in [1.165, 1.54) is 25.7 Å². The molecule has 1 heterocycles. The number of aliphatic hydroxyl groups excluding tert-OH is 1. The molecule has 20 heavy (non-hydrogen) atoms. The molecule has 0 amide bonds. The maximum Gasteiger partial charge on any atom is 0.162 e. The molecule has 1 aliphatic heterocycles. The lowest BCUT2D eigenvalue weighted by molar-refractivity contribution is 0.0970. The molecule has 3 nitrogen and oxygen atoms in total. The zero-order valence-corrected chi connectivity index (χ0v) is 13.2. The second-order valence-corrected chi connectivity index (χ2v) is 6.57. The summed E-state index contributed by atoms with van der Waals surface area (Å²) in [4.78, 5) is 0. The van der Waals surface area contributed by atoms with Crippen LogP contribution in [0.25, 0.3) is 0 Å². The van der Waals surface area contributed by atoms with Crippen molar-refractivity contribution >= 4 is 15.9 Å². The molecule has 0 spiro atoms. The fraction of sp³-hybridized carbons (Fsp3) is 0.625. The molecule has 2 aliphatic rings. The average molecular weight is 341 g/mol. The Balaban J connectivity index is 1.84. The Hall–Kier alpha value is -0.740. The van der Waals surface area contributed by atoms with Crippen LogP contribution in [-0.2, 0) is 0 Å². The van der Waals surface area contributed by atoms with Gasteiger partial charge in [0.05, 0.1) is 6.10 Å². The number of benzene rings is 1. The third-order valence-electron chi connectivity index (χ3n) is 4.33. The Bertz CT molecular complexity index is 467. The third-order valence-corrected chi connectivity index (χ3v) is 5.01. The van der Waals surface area contributed by atoms with Gasteiger partial charge in [0.1, 0.15) is 13.2 Å². The highest BCUT2D eigenvalue weighted by Crippen LogP contribution is 2.42. The topological polar surface area (TPSA) is 38.7 Å². The lowest BCUT2D eigenvalue weighted by Gasteiger charge is -2.25. The van der Waals surface area contributed by atoms with Gasteiger partial charge in [0.25, 0.3) is 0 Å². The molecule has 1 N–H and O–H groups in total. The van der Waals surface area contributed by atoms with E-state index in [1.807, 2.05) is 12.1 Å². The SMILES string of the molecule is OC(c1cc2c(cc1Br)OCCO2)C1CCCCCC1. The molecular weight excluding hydrogens is 320 g/mol. The van der Waals surface area contributed by atoms with Crippen LogP contribution in [0.2, 0.25) is 0 Å². The van der Waals surface area contributed by atoms with E-state index in [9.17, 15) is 5.11 Å². The predicted molar refractivity (Wildman–Crippen MR) is 81.3 cm³/mol. The van der Waals surface area contributed by atoms with Crippen molar-refractivity contribution in [3.05, 3.63) is 22.2 Å². The highest BCUT2D eigenvalue weighted by molar-refractivity contribution is 9.10. The summed E-state index contributed by atoms with van der Waals surface area (Å²) in [5, 5.41) is 10.7. The molecule has 0 saturated heterocycles. The molecule has 1 aliphatic carbocycles. The van der Waals surface area contributed by atoms with Gasteiger partial charge in [-0.1, -0.05) is 41.6 Å². The summed E-state index contributed by atoms with van der Waals surface area (Å²) in [6.07, 6.45) is 6.85. The summed E-state index contributed by atoms with van der Waals surface area (Å²) in [6.45, 7) is 1.16. The Morgan fingerprint density at radius 1 is 1.00 bits per heavy atom. The summed E-state index contributed by atoms with van der Waals surface area (Å²) in [5.41, 5.74) is 0.932. The first-order chi connectivity index (χ1) is 9.75. The standard InChI is InChI=1S/C16H21BrO3/c17-13-10-15-14(19-7-8-20-15)9-12(13)16(18)11-5-3-1-2-4-6-11/h9-11,16,18H,1-8H2. The molecule has 1 saturated carbocycles. The van der Waals surface area contributed by atoms with Gasteiger partial charge in [0, 0.05) is 4.47 Å². The molecule has 1 aromatic rings. The fourth-order valence-electron chi connectivity index (χ4n) is 3.19. The van der Waals surface area contributed by atoms with E-state index in [0.717, 1.165) is 34.4 Å². The van der Waals surface area contributed by atoms with E-state index in [0.29, 0.717) is 19.1 Å². The third kappa shape index (κ3) is 2.96. The molecule has 1 aromatic carbocycles. The van der Waals surface area contributed by atoms with Crippen LogP contribution < -0.4 is 9.47 Å². The fourth-order valence-corrected chi connectivity index (χ4v) is 3.74. The number of hydrogen-bond acceptors (Lipinski definition) is 3. The minimum absolute atomic E-state index is 0.358. The van der Waals surface area contributed by atoms with Gasteiger partial charge in [0.2, 0.25) is 0 Å². The number of ether oxygens (including phenoxy) is 2. The maximum atomic E-state index is 10.7. The van der Waals surface area contributed by atoms with Crippen molar-refractivity contribution in [3.8, 4) is 11.5 Å².